The lowest BCUT2D eigenvalue weighted by atomic mass is 9.83. The van der Waals surface area contributed by atoms with Gasteiger partial charge in [0.05, 0.1) is 25.2 Å². The number of hydrogen-bond donors (Lipinski definition) is 1. The van der Waals surface area contributed by atoms with Crippen LogP contribution in [0.3, 0.4) is 0 Å². The van der Waals surface area contributed by atoms with Crippen molar-refractivity contribution in [1.29, 1.82) is 0 Å². The van der Waals surface area contributed by atoms with Crippen LogP contribution in [-0.2, 0) is 53.8 Å². The molecular weight excluding hydrogens is 531 g/mol. The van der Waals surface area contributed by atoms with E-state index in [4.69, 9.17) is 9.15 Å². The lowest BCUT2D eigenvalue weighted by molar-refractivity contribution is -0.153. The molecule has 0 unspecified atom stereocenters. The summed E-state index contributed by atoms with van der Waals surface area (Å²) in [4.78, 5) is 13.8. The van der Waals surface area contributed by atoms with E-state index in [-0.39, 0.29) is 12.3 Å². The molecule has 214 valence electrons. The van der Waals surface area contributed by atoms with Crippen LogP contribution < -0.4 is 0 Å². The molecule has 0 radical (unpaired) electrons. The minimum absolute atomic E-state index is 0.213. The van der Waals surface area contributed by atoms with E-state index in [1.807, 2.05) is 54.6 Å². The average Bonchev–Trinajstić information content (AvgIpc) is 3.43. The minimum atomic E-state index is -4.53. The van der Waals surface area contributed by atoms with Gasteiger partial charge in [-0.1, -0.05) is 66.7 Å². The summed E-state index contributed by atoms with van der Waals surface area (Å²) < 4.78 is 50.3. The van der Waals surface area contributed by atoms with E-state index < -0.39 is 23.3 Å². The number of rotatable bonds is 9. The van der Waals surface area contributed by atoms with E-state index in [2.05, 4.69) is 17.0 Å². The molecule has 0 saturated heterocycles. The van der Waals surface area contributed by atoms with Gasteiger partial charge in [0.1, 0.15) is 5.76 Å². The smallest absolute Gasteiger partial charge is 0.449 e. The molecule has 1 N–H and O–H groups in total. The van der Waals surface area contributed by atoms with E-state index in [0.717, 1.165) is 40.3 Å². The number of ether oxygens (including phenoxy) is 1. The van der Waals surface area contributed by atoms with Crippen molar-refractivity contribution in [3.05, 3.63) is 118 Å². The number of furan rings is 1. The number of carbonyl (C=O) groups is 1. The summed E-state index contributed by atoms with van der Waals surface area (Å²) in [5.41, 5.74) is 6.05. The first-order valence-corrected chi connectivity index (χ1v) is 13.5. The Bertz CT molecular complexity index is 1520. The Morgan fingerprint density at radius 1 is 0.902 bits per heavy atom. The number of alkyl halides is 3. The fourth-order valence-corrected chi connectivity index (χ4v) is 5.16. The molecule has 41 heavy (non-hydrogen) atoms. The molecule has 1 aromatic heterocycles. The van der Waals surface area contributed by atoms with Gasteiger partial charge in [0.2, 0.25) is 5.76 Å². The van der Waals surface area contributed by atoms with Crippen LogP contribution in [0.1, 0.15) is 53.2 Å². The van der Waals surface area contributed by atoms with Crippen LogP contribution in [0.25, 0.3) is 11.1 Å². The van der Waals surface area contributed by atoms with Gasteiger partial charge >= 0.3 is 12.1 Å². The third-order valence-corrected chi connectivity index (χ3v) is 7.65. The van der Waals surface area contributed by atoms with Crippen molar-refractivity contribution in [3.8, 4) is 11.1 Å². The van der Waals surface area contributed by atoms with Gasteiger partial charge in [-0.15, -0.1) is 0 Å². The van der Waals surface area contributed by atoms with Gasteiger partial charge < -0.3 is 14.3 Å². The van der Waals surface area contributed by atoms with E-state index >= 15 is 0 Å². The standard InChI is InChI=1S/C33H32F3NO4/c1-32(2,31(38)39)27-8-4-5-24(17-27)23-11-9-22(10-12-23)18-37(20-28-13-14-30(41-28)33(34,35)36)19-25-6-3-7-26-21-40-16-15-29(25)26/h3-14,17H,15-16,18-21H2,1-2H3,(H,38,39). The first-order valence-electron chi connectivity index (χ1n) is 13.5. The summed E-state index contributed by atoms with van der Waals surface area (Å²) in [6, 6.07) is 23.9. The molecule has 0 spiro atoms. The number of carboxylic acids is 1. The highest BCUT2D eigenvalue weighted by Crippen LogP contribution is 2.32. The van der Waals surface area contributed by atoms with Crippen molar-refractivity contribution in [2.45, 2.75) is 58.1 Å². The molecule has 8 heteroatoms. The predicted octanol–water partition coefficient (Wildman–Crippen LogP) is 7.60. The van der Waals surface area contributed by atoms with Crippen molar-refractivity contribution < 1.29 is 32.2 Å². The highest BCUT2D eigenvalue weighted by atomic mass is 19.4. The first-order chi connectivity index (χ1) is 19.5. The summed E-state index contributed by atoms with van der Waals surface area (Å²) >= 11 is 0. The molecule has 1 aliphatic rings. The van der Waals surface area contributed by atoms with Gasteiger partial charge in [-0.2, -0.15) is 13.2 Å². The fraction of sp³-hybridized carbons (Fsp3) is 0.303. The molecular formula is C33H32F3NO4. The van der Waals surface area contributed by atoms with Crippen LogP contribution in [0, 0.1) is 0 Å². The van der Waals surface area contributed by atoms with Gasteiger partial charge in [0.15, 0.2) is 0 Å². The maximum absolute atomic E-state index is 13.2. The molecule has 0 fully saturated rings. The van der Waals surface area contributed by atoms with Gasteiger partial charge in [-0.25, -0.2) is 0 Å². The molecule has 0 atom stereocenters. The number of benzene rings is 3. The fourth-order valence-electron chi connectivity index (χ4n) is 5.16. The van der Waals surface area contributed by atoms with Gasteiger partial charge in [-0.05, 0) is 71.3 Å². The summed E-state index contributed by atoms with van der Waals surface area (Å²) in [5.74, 6) is -1.64. The van der Waals surface area contributed by atoms with Crippen LogP contribution in [0.5, 0.6) is 0 Å². The van der Waals surface area contributed by atoms with Crippen molar-refractivity contribution in [3.63, 3.8) is 0 Å². The van der Waals surface area contributed by atoms with Gasteiger partial charge in [0, 0.05) is 13.1 Å². The zero-order chi connectivity index (χ0) is 29.2. The Labute approximate surface area is 237 Å². The van der Waals surface area contributed by atoms with Crippen LogP contribution in [-0.4, -0.2) is 22.6 Å². The average molecular weight is 564 g/mol. The molecule has 5 nitrogen and oxygen atoms in total. The Balaban J connectivity index is 1.39. The molecule has 4 aromatic rings. The summed E-state index contributed by atoms with van der Waals surface area (Å²) in [7, 11) is 0. The number of hydrogen-bond acceptors (Lipinski definition) is 4. The number of fused-ring (bicyclic) bond motifs is 1. The lowest BCUT2D eigenvalue weighted by Crippen LogP contribution is -2.28. The Morgan fingerprint density at radius 2 is 1.66 bits per heavy atom. The molecule has 0 amide bonds. The first kappa shape index (κ1) is 28.6. The molecule has 2 heterocycles. The van der Waals surface area contributed by atoms with E-state index in [9.17, 15) is 23.1 Å². The Kier molecular flexibility index (Phi) is 8.07. The van der Waals surface area contributed by atoms with E-state index in [1.165, 1.54) is 11.6 Å². The van der Waals surface area contributed by atoms with Crippen LogP contribution >= 0.6 is 0 Å². The molecule has 0 saturated carbocycles. The molecule has 1 aliphatic heterocycles. The highest BCUT2D eigenvalue weighted by molar-refractivity contribution is 5.81. The number of halogens is 3. The van der Waals surface area contributed by atoms with Crippen molar-refractivity contribution in [2.24, 2.45) is 0 Å². The normalized spacial score (nSPS) is 13.8. The minimum Gasteiger partial charge on any atom is -0.481 e. The quantitative estimate of drug-likeness (QED) is 0.227. The zero-order valence-corrected chi connectivity index (χ0v) is 23.0. The third-order valence-electron chi connectivity index (χ3n) is 7.65. The molecule has 5 rings (SSSR count). The largest absolute Gasteiger partial charge is 0.481 e. The second-order valence-electron chi connectivity index (χ2n) is 11.0. The van der Waals surface area contributed by atoms with Crippen LogP contribution in [0.4, 0.5) is 13.2 Å². The predicted molar refractivity (Wildman–Crippen MR) is 149 cm³/mol. The lowest BCUT2D eigenvalue weighted by Gasteiger charge is -2.26. The Morgan fingerprint density at radius 3 is 2.37 bits per heavy atom. The Hall–Kier alpha value is -3.88. The monoisotopic (exact) mass is 563 g/mol. The van der Waals surface area contributed by atoms with Gasteiger partial charge in [-0.3, -0.25) is 9.69 Å². The molecule has 0 aliphatic carbocycles. The summed E-state index contributed by atoms with van der Waals surface area (Å²) in [6.45, 7) is 5.81. The SMILES string of the molecule is CC(C)(C(=O)O)c1cccc(-c2ccc(CN(Cc3ccc(C(F)(F)F)o3)Cc3cccc4c3CCOC4)cc2)c1. The highest BCUT2D eigenvalue weighted by Gasteiger charge is 2.35. The molecule has 3 aromatic carbocycles. The van der Waals surface area contributed by atoms with E-state index in [1.54, 1.807) is 13.8 Å². The second kappa shape index (κ2) is 11.5. The summed E-state index contributed by atoms with van der Waals surface area (Å²) in [6.07, 6.45) is -3.74. The number of carboxylic acid groups (broad SMARTS) is 1. The third kappa shape index (κ3) is 6.55. The van der Waals surface area contributed by atoms with Crippen LogP contribution in [0.2, 0.25) is 0 Å². The molecule has 0 bridgehead atoms. The van der Waals surface area contributed by atoms with Crippen molar-refractivity contribution in [1.82, 2.24) is 4.90 Å². The second-order valence-corrected chi connectivity index (χ2v) is 11.0. The van der Waals surface area contributed by atoms with Gasteiger partial charge in [0.25, 0.3) is 0 Å². The summed E-state index contributed by atoms with van der Waals surface area (Å²) in [5, 5.41) is 9.62. The van der Waals surface area contributed by atoms with Crippen molar-refractivity contribution in [2.75, 3.05) is 6.61 Å². The van der Waals surface area contributed by atoms with Crippen LogP contribution in [0.15, 0.2) is 83.3 Å². The zero-order valence-electron chi connectivity index (χ0n) is 23.0. The number of nitrogens with zero attached hydrogens (tertiary/aromatic N) is 1. The van der Waals surface area contributed by atoms with E-state index in [0.29, 0.717) is 31.9 Å². The maximum atomic E-state index is 13.2. The maximum Gasteiger partial charge on any atom is 0.449 e. The van der Waals surface area contributed by atoms with Crippen molar-refractivity contribution >= 4 is 5.97 Å². The number of aliphatic carboxylic acids is 1. The topological polar surface area (TPSA) is 62.9 Å².